The molecule has 0 amide bonds. The van der Waals surface area contributed by atoms with Gasteiger partial charge in [0.2, 0.25) is 0 Å². The lowest BCUT2D eigenvalue weighted by Crippen LogP contribution is -2.10. The van der Waals surface area contributed by atoms with Crippen LogP contribution in [0, 0.1) is 0 Å². The van der Waals surface area contributed by atoms with Crippen molar-refractivity contribution in [1.29, 1.82) is 0 Å². The molecule has 2 aromatic heterocycles. The standard InChI is InChI=1S/C14H12F2N4O/c15-12(16)8-2-1-3-9(6-8)20-14(21)10-4-5-17-13-11(10)18-7-19-13/h1-7,12,14,20-21H,(H,17,18,19). The molecule has 0 bridgehead atoms. The van der Waals surface area contributed by atoms with E-state index >= 15 is 0 Å². The van der Waals surface area contributed by atoms with Crippen LogP contribution in [-0.2, 0) is 0 Å². The smallest absolute Gasteiger partial charge is 0.263 e. The summed E-state index contributed by atoms with van der Waals surface area (Å²) in [6.07, 6.45) is -0.613. The fourth-order valence-electron chi connectivity index (χ4n) is 2.10. The number of nitrogens with zero attached hydrogens (tertiary/aromatic N) is 2. The number of alkyl halides is 2. The summed E-state index contributed by atoms with van der Waals surface area (Å²) < 4.78 is 25.3. The van der Waals surface area contributed by atoms with Gasteiger partial charge in [0.1, 0.15) is 0 Å². The van der Waals surface area contributed by atoms with E-state index in [1.807, 2.05) is 0 Å². The van der Waals surface area contributed by atoms with Gasteiger partial charge in [0, 0.05) is 23.0 Å². The molecular weight excluding hydrogens is 278 g/mol. The van der Waals surface area contributed by atoms with Gasteiger partial charge in [-0.25, -0.2) is 18.7 Å². The number of anilines is 1. The van der Waals surface area contributed by atoms with Crippen LogP contribution in [0.2, 0.25) is 0 Å². The predicted octanol–water partition coefficient (Wildman–Crippen LogP) is 3.00. The lowest BCUT2D eigenvalue weighted by atomic mass is 10.1. The Hall–Kier alpha value is -2.54. The van der Waals surface area contributed by atoms with Crippen molar-refractivity contribution in [2.24, 2.45) is 0 Å². The van der Waals surface area contributed by atoms with Crippen molar-refractivity contribution in [2.45, 2.75) is 12.7 Å². The molecule has 2 heterocycles. The number of nitrogens with one attached hydrogen (secondary N) is 2. The topological polar surface area (TPSA) is 73.8 Å². The van der Waals surface area contributed by atoms with E-state index in [0.717, 1.165) is 0 Å². The van der Waals surface area contributed by atoms with Crippen LogP contribution in [0.25, 0.3) is 11.2 Å². The molecule has 0 fully saturated rings. The quantitative estimate of drug-likeness (QED) is 0.646. The molecule has 1 atom stereocenters. The van der Waals surface area contributed by atoms with Crippen LogP contribution in [0.1, 0.15) is 23.8 Å². The van der Waals surface area contributed by atoms with E-state index in [1.54, 1.807) is 12.1 Å². The zero-order chi connectivity index (χ0) is 14.8. The SMILES string of the molecule is OC(Nc1cccc(C(F)F)c1)c1ccnc2nc[nH]c12. The van der Waals surface area contributed by atoms with Crippen LogP contribution in [0.15, 0.2) is 42.9 Å². The lowest BCUT2D eigenvalue weighted by Gasteiger charge is -2.15. The number of aliphatic hydroxyl groups excluding tert-OH is 1. The fraction of sp³-hybridized carbons (Fsp3) is 0.143. The summed E-state index contributed by atoms with van der Waals surface area (Å²) in [5, 5.41) is 13.0. The maximum absolute atomic E-state index is 12.7. The molecular formula is C14H12F2N4O. The molecule has 0 aliphatic heterocycles. The van der Waals surface area contributed by atoms with Crippen LogP contribution in [-0.4, -0.2) is 20.1 Å². The van der Waals surface area contributed by atoms with Crippen LogP contribution < -0.4 is 5.32 Å². The molecule has 3 aromatic rings. The minimum atomic E-state index is -2.55. The van der Waals surface area contributed by atoms with Gasteiger partial charge in [-0.15, -0.1) is 0 Å². The first-order chi connectivity index (χ1) is 10.1. The van der Waals surface area contributed by atoms with Crippen molar-refractivity contribution >= 4 is 16.9 Å². The largest absolute Gasteiger partial charge is 0.369 e. The number of halogens is 2. The van der Waals surface area contributed by atoms with E-state index in [0.29, 0.717) is 22.4 Å². The van der Waals surface area contributed by atoms with Crippen LogP contribution in [0.3, 0.4) is 0 Å². The predicted molar refractivity (Wildman–Crippen MR) is 73.9 cm³/mol. The van der Waals surface area contributed by atoms with Gasteiger partial charge in [-0.05, 0) is 18.2 Å². The highest BCUT2D eigenvalue weighted by Gasteiger charge is 2.14. The molecule has 0 aliphatic rings. The molecule has 5 nitrogen and oxygen atoms in total. The zero-order valence-corrected chi connectivity index (χ0v) is 10.8. The van der Waals surface area contributed by atoms with Gasteiger partial charge in [0.05, 0.1) is 11.8 Å². The summed E-state index contributed by atoms with van der Waals surface area (Å²) in [6, 6.07) is 7.39. The maximum Gasteiger partial charge on any atom is 0.263 e. The van der Waals surface area contributed by atoms with E-state index < -0.39 is 12.7 Å². The Morgan fingerprint density at radius 1 is 1.19 bits per heavy atom. The number of pyridine rings is 1. The highest BCUT2D eigenvalue weighted by molar-refractivity contribution is 5.74. The van der Waals surface area contributed by atoms with Gasteiger partial charge < -0.3 is 15.4 Å². The number of benzene rings is 1. The normalized spacial score (nSPS) is 12.8. The van der Waals surface area contributed by atoms with Gasteiger partial charge >= 0.3 is 0 Å². The van der Waals surface area contributed by atoms with Crippen molar-refractivity contribution in [2.75, 3.05) is 5.32 Å². The Balaban J connectivity index is 1.88. The molecule has 108 valence electrons. The highest BCUT2D eigenvalue weighted by atomic mass is 19.3. The second-order valence-corrected chi connectivity index (χ2v) is 4.47. The van der Waals surface area contributed by atoms with Gasteiger partial charge in [-0.1, -0.05) is 12.1 Å². The monoisotopic (exact) mass is 290 g/mol. The number of aliphatic hydroxyl groups is 1. The average Bonchev–Trinajstić information content (AvgIpc) is 2.95. The molecule has 0 saturated heterocycles. The molecule has 0 spiro atoms. The number of fused-ring (bicyclic) bond motifs is 1. The van der Waals surface area contributed by atoms with Gasteiger partial charge in [-0.2, -0.15) is 0 Å². The number of imidazole rings is 1. The summed E-state index contributed by atoms with van der Waals surface area (Å²) >= 11 is 0. The molecule has 1 aromatic carbocycles. The maximum atomic E-state index is 12.7. The van der Waals surface area contributed by atoms with Crippen molar-refractivity contribution < 1.29 is 13.9 Å². The molecule has 3 N–H and O–H groups in total. The van der Waals surface area contributed by atoms with Crippen molar-refractivity contribution in [3.05, 3.63) is 54.0 Å². The van der Waals surface area contributed by atoms with Gasteiger partial charge in [0.15, 0.2) is 11.9 Å². The third-order valence-corrected chi connectivity index (χ3v) is 3.10. The molecule has 0 aliphatic carbocycles. The second-order valence-electron chi connectivity index (χ2n) is 4.47. The van der Waals surface area contributed by atoms with E-state index in [1.165, 1.54) is 30.7 Å². The highest BCUT2D eigenvalue weighted by Crippen LogP contribution is 2.25. The van der Waals surface area contributed by atoms with E-state index in [2.05, 4.69) is 20.3 Å². The van der Waals surface area contributed by atoms with Crippen LogP contribution in [0.5, 0.6) is 0 Å². The first-order valence-corrected chi connectivity index (χ1v) is 6.26. The third-order valence-electron chi connectivity index (χ3n) is 3.10. The average molecular weight is 290 g/mol. The Labute approximate surface area is 118 Å². The summed E-state index contributed by atoms with van der Waals surface area (Å²) in [5.41, 5.74) is 1.93. The Morgan fingerprint density at radius 3 is 2.86 bits per heavy atom. The Morgan fingerprint density at radius 2 is 2.05 bits per heavy atom. The summed E-state index contributed by atoms with van der Waals surface area (Å²) in [7, 11) is 0. The first kappa shape index (κ1) is 13.4. The van der Waals surface area contributed by atoms with Crippen LogP contribution >= 0.6 is 0 Å². The van der Waals surface area contributed by atoms with Gasteiger partial charge in [0.25, 0.3) is 6.43 Å². The summed E-state index contributed by atoms with van der Waals surface area (Å²) in [5.74, 6) is 0. The second kappa shape index (κ2) is 5.45. The minimum Gasteiger partial charge on any atom is -0.369 e. The first-order valence-electron chi connectivity index (χ1n) is 6.26. The van der Waals surface area contributed by atoms with Crippen molar-refractivity contribution in [1.82, 2.24) is 15.0 Å². The van der Waals surface area contributed by atoms with Crippen molar-refractivity contribution in [3.8, 4) is 0 Å². The Bertz CT molecular complexity index is 759. The number of hydrogen-bond donors (Lipinski definition) is 3. The van der Waals surface area contributed by atoms with E-state index in [-0.39, 0.29) is 5.56 Å². The van der Waals surface area contributed by atoms with E-state index in [4.69, 9.17) is 0 Å². The number of aromatic nitrogens is 3. The Kier molecular flexibility index (Phi) is 3.49. The summed E-state index contributed by atoms with van der Waals surface area (Å²) in [4.78, 5) is 10.9. The van der Waals surface area contributed by atoms with Gasteiger partial charge in [-0.3, -0.25) is 0 Å². The molecule has 21 heavy (non-hydrogen) atoms. The lowest BCUT2D eigenvalue weighted by molar-refractivity contribution is 0.151. The molecule has 3 rings (SSSR count). The molecule has 7 heteroatoms. The van der Waals surface area contributed by atoms with E-state index in [9.17, 15) is 13.9 Å². The third kappa shape index (κ3) is 2.68. The zero-order valence-electron chi connectivity index (χ0n) is 10.8. The molecule has 0 saturated carbocycles. The molecule has 0 radical (unpaired) electrons. The molecule has 1 unspecified atom stereocenters. The summed E-state index contributed by atoms with van der Waals surface area (Å²) in [6.45, 7) is 0. The van der Waals surface area contributed by atoms with Crippen molar-refractivity contribution in [3.63, 3.8) is 0 Å². The van der Waals surface area contributed by atoms with Crippen LogP contribution in [0.4, 0.5) is 14.5 Å². The minimum absolute atomic E-state index is 0.103. The fourth-order valence-corrected chi connectivity index (χ4v) is 2.10. The number of rotatable bonds is 4. The number of aromatic amines is 1. The number of hydrogen-bond acceptors (Lipinski definition) is 4. The number of H-pyrrole nitrogens is 1.